The van der Waals surface area contributed by atoms with Crippen molar-refractivity contribution in [3.8, 4) is 0 Å². The van der Waals surface area contributed by atoms with Gasteiger partial charge in [0.1, 0.15) is 0 Å². The molecular formula is C11H18O. The summed E-state index contributed by atoms with van der Waals surface area (Å²) < 4.78 is 0. The second-order valence-electron chi connectivity index (χ2n) is 3.99. The Kier molecular flexibility index (Phi) is 3.94. The maximum absolute atomic E-state index is 10.7. The van der Waals surface area contributed by atoms with Gasteiger partial charge in [-0.3, -0.25) is 4.79 Å². The Balaban J connectivity index is 4.42. The first-order valence-corrected chi connectivity index (χ1v) is 4.19. The van der Waals surface area contributed by atoms with Crippen LogP contribution in [0.15, 0.2) is 23.8 Å². The highest BCUT2D eigenvalue weighted by Gasteiger charge is 2.08. The average molecular weight is 166 g/mol. The minimum Gasteiger partial charge on any atom is -0.295 e. The van der Waals surface area contributed by atoms with E-state index < -0.39 is 0 Å². The summed E-state index contributed by atoms with van der Waals surface area (Å²) in [5.41, 5.74) is 1.26. The number of allylic oxidation sites excluding steroid dienone is 4. The topological polar surface area (TPSA) is 17.1 Å². The molecule has 0 aliphatic heterocycles. The van der Waals surface area contributed by atoms with Gasteiger partial charge in [-0.15, -0.1) is 0 Å². The monoisotopic (exact) mass is 166 g/mol. The number of hydrogen-bond acceptors (Lipinski definition) is 1. The van der Waals surface area contributed by atoms with Crippen LogP contribution in [-0.2, 0) is 4.79 Å². The van der Waals surface area contributed by atoms with Crippen molar-refractivity contribution < 1.29 is 4.79 Å². The lowest BCUT2D eigenvalue weighted by Gasteiger charge is -2.14. The maximum atomic E-state index is 10.7. The molecule has 1 nitrogen and oxygen atoms in total. The number of carbonyl (C=O) groups is 1. The van der Waals surface area contributed by atoms with Crippen molar-refractivity contribution in [2.75, 3.05) is 0 Å². The van der Waals surface area contributed by atoms with Gasteiger partial charge in [0.25, 0.3) is 0 Å². The highest BCUT2D eigenvalue weighted by atomic mass is 16.1. The highest BCUT2D eigenvalue weighted by Crippen LogP contribution is 2.20. The zero-order valence-electron chi connectivity index (χ0n) is 8.64. The van der Waals surface area contributed by atoms with Crippen molar-refractivity contribution in [2.45, 2.75) is 34.6 Å². The van der Waals surface area contributed by atoms with Crippen LogP contribution in [0.4, 0.5) is 0 Å². The third-order valence-electron chi connectivity index (χ3n) is 1.41. The predicted molar refractivity (Wildman–Crippen MR) is 53.0 cm³/mol. The lowest BCUT2D eigenvalue weighted by molar-refractivity contribution is -0.112. The minimum absolute atomic E-state index is 0.00942. The Morgan fingerprint density at radius 2 is 1.67 bits per heavy atom. The fourth-order valence-electron chi connectivity index (χ4n) is 1.12. The maximum Gasteiger partial charge on any atom is 0.152 e. The van der Waals surface area contributed by atoms with Crippen LogP contribution in [0.25, 0.3) is 0 Å². The molecule has 0 heterocycles. The summed E-state index contributed by atoms with van der Waals surface area (Å²) in [6, 6.07) is 0. The zero-order valence-corrected chi connectivity index (χ0v) is 8.64. The van der Waals surface area contributed by atoms with Crippen LogP contribution in [-0.4, -0.2) is 5.78 Å². The van der Waals surface area contributed by atoms with E-state index in [0.29, 0.717) is 0 Å². The van der Waals surface area contributed by atoms with Gasteiger partial charge in [0.15, 0.2) is 5.78 Å². The van der Waals surface area contributed by atoms with Crippen molar-refractivity contribution in [2.24, 2.45) is 5.41 Å². The van der Waals surface area contributed by atoms with Crippen molar-refractivity contribution in [1.29, 1.82) is 0 Å². The van der Waals surface area contributed by atoms with Gasteiger partial charge in [-0.25, -0.2) is 0 Å². The molecular weight excluding hydrogens is 148 g/mol. The second-order valence-corrected chi connectivity index (χ2v) is 3.99. The quantitative estimate of drug-likeness (QED) is 0.465. The van der Waals surface area contributed by atoms with E-state index in [-0.39, 0.29) is 11.2 Å². The Morgan fingerprint density at radius 3 is 2.00 bits per heavy atom. The summed E-state index contributed by atoms with van der Waals surface area (Å²) in [6.07, 6.45) is 5.70. The fraction of sp³-hybridized carbons (Fsp3) is 0.545. The van der Waals surface area contributed by atoms with E-state index in [4.69, 9.17) is 0 Å². The van der Waals surface area contributed by atoms with Crippen LogP contribution in [0.5, 0.6) is 0 Å². The second kappa shape index (κ2) is 4.24. The molecule has 0 amide bonds. The van der Waals surface area contributed by atoms with Crippen molar-refractivity contribution in [1.82, 2.24) is 0 Å². The van der Waals surface area contributed by atoms with Crippen LogP contribution in [0.2, 0.25) is 0 Å². The molecule has 0 radical (unpaired) electrons. The van der Waals surface area contributed by atoms with E-state index in [1.54, 1.807) is 13.0 Å². The Bertz CT molecular complexity index is 215. The fourth-order valence-corrected chi connectivity index (χ4v) is 1.12. The molecule has 0 fully saturated rings. The molecule has 0 aromatic carbocycles. The number of carbonyl (C=O) groups excluding carboxylic acids is 1. The standard InChI is InChI=1S/C11H18O/c1-9(2)8-11(4,5)7-6-10(3)12/h6-8H,1-5H3/b7-6+. The Morgan fingerprint density at radius 1 is 1.17 bits per heavy atom. The Labute approximate surface area is 75.2 Å². The molecule has 0 N–H and O–H groups in total. The summed E-state index contributed by atoms with van der Waals surface area (Å²) in [7, 11) is 0. The van der Waals surface area contributed by atoms with Gasteiger partial charge in [-0.05, 0) is 26.8 Å². The summed E-state index contributed by atoms with van der Waals surface area (Å²) in [5, 5.41) is 0. The summed E-state index contributed by atoms with van der Waals surface area (Å²) in [5.74, 6) is 0.102. The molecule has 0 atom stereocenters. The number of rotatable bonds is 3. The van der Waals surface area contributed by atoms with Crippen molar-refractivity contribution in [3.63, 3.8) is 0 Å². The molecule has 0 aromatic heterocycles. The van der Waals surface area contributed by atoms with E-state index >= 15 is 0 Å². The number of ketones is 1. The normalized spacial score (nSPS) is 11.8. The summed E-state index contributed by atoms with van der Waals surface area (Å²) in [4.78, 5) is 10.7. The zero-order chi connectivity index (χ0) is 9.78. The van der Waals surface area contributed by atoms with Gasteiger partial charge < -0.3 is 0 Å². The molecule has 0 unspecified atom stereocenters. The smallest absolute Gasteiger partial charge is 0.152 e. The first-order valence-electron chi connectivity index (χ1n) is 4.19. The first-order chi connectivity index (χ1) is 5.33. The van der Waals surface area contributed by atoms with Gasteiger partial charge in [0.2, 0.25) is 0 Å². The van der Waals surface area contributed by atoms with E-state index in [2.05, 4.69) is 33.8 Å². The summed E-state index contributed by atoms with van der Waals surface area (Å²) >= 11 is 0. The minimum atomic E-state index is -0.00942. The molecule has 0 aromatic rings. The van der Waals surface area contributed by atoms with E-state index in [1.807, 2.05) is 6.08 Å². The molecule has 12 heavy (non-hydrogen) atoms. The van der Waals surface area contributed by atoms with Gasteiger partial charge in [-0.2, -0.15) is 0 Å². The van der Waals surface area contributed by atoms with Gasteiger partial charge >= 0.3 is 0 Å². The molecule has 0 rings (SSSR count). The SMILES string of the molecule is CC(=O)/C=C/C(C)(C)C=C(C)C. The van der Waals surface area contributed by atoms with E-state index in [0.717, 1.165) is 0 Å². The Hall–Kier alpha value is -0.850. The average Bonchev–Trinajstić information content (AvgIpc) is 1.81. The number of hydrogen-bond donors (Lipinski definition) is 0. The first kappa shape index (κ1) is 11.2. The largest absolute Gasteiger partial charge is 0.295 e. The van der Waals surface area contributed by atoms with Crippen LogP contribution in [0.3, 0.4) is 0 Å². The molecule has 0 aliphatic rings. The van der Waals surface area contributed by atoms with Crippen molar-refractivity contribution in [3.05, 3.63) is 23.8 Å². The molecule has 68 valence electrons. The van der Waals surface area contributed by atoms with E-state index in [1.165, 1.54) is 5.57 Å². The van der Waals surface area contributed by atoms with Gasteiger partial charge in [0, 0.05) is 5.41 Å². The molecule has 1 heteroatoms. The van der Waals surface area contributed by atoms with Crippen LogP contribution in [0, 0.1) is 5.41 Å². The van der Waals surface area contributed by atoms with Gasteiger partial charge in [-0.1, -0.05) is 31.6 Å². The van der Waals surface area contributed by atoms with Gasteiger partial charge in [0.05, 0.1) is 0 Å². The lowest BCUT2D eigenvalue weighted by Crippen LogP contribution is -2.03. The molecule has 0 bridgehead atoms. The van der Waals surface area contributed by atoms with Crippen LogP contribution >= 0.6 is 0 Å². The van der Waals surface area contributed by atoms with Crippen molar-refractivity contribution >= 4 is 5.78 Å². The molecule has 0 saturated heterocycles. The third kappa shape index (κ3) is 5.90. The molecule has 0 spiro atoms. The summed E-state index contributed by atoms with van der Waals surface area (Å²) in [6.45, 7) is 9.85. The van der Waals surface area contributed by atoms with Crippen LogP contribution < -0.4 is 0 Å². The molecule has 0 saturated carbocycles. The predicted octanol–water partition coefficient (Wildman–Crippen LogP) is 3.12. The van der Waals surface area contributed by atoms with E-state index in [9.17, 15) is 4.79 Å². The molecule has 0 aliphatic carbocycles. The lowest BCUT2D eigenvalue weighted by atomic mass is 9.90. The highest BCUT2D eigenvalue weighted by molar-refractivity contribution is 5.87. The van der Waals surface area contributed by atoms with Crippen LogP contribution in [0.1, 0.15) is 34.6 Å². The third-order valence-corrected chi connectivity index (χ3v) is 1.41.